The maximum absolute atomic E-state index is 13.0. The van der Waals surface area contributed by atoms with Crippen molar-refractivity contribution in [2.45, 2.75) is 19.4 Å². The largest absolute Gasteiger partial charge is 0.388 e. The van der Waals surface area contributed by atoms with E-state index in [2.05, 4.69) is 20.9 Å². The molecule has 1 heterocycles. The van der Waals surface area contributed by atoms with Crippen LogP contribution in [0.2, 0.25) is 0 Å². The summed E-state index contributed by atoms with van der Waals surface area (Å²) >= 11 is 3.31. The number of aliphatic hydroxyl groups is 1. The van der Waals surface area contributed by atoms with Gasteiger partial charge in [-0.05, 0) is 58.2 Å². The Hall–Kier alpha value is -1.26. The Morgan fingerprint density at radius 2 is 2.11 bits per heavy atom. The summed E-state index contributed by atoms with van der Waals surface area (Å²) in [6.07, 6.45) is 1.44. The van der Waals surface area contributed by atoms with E-state index in [9.17, 15) is 9.50 Å². The van der Waals surface area contributed by atoms with Crippen molar-refractivity contribution in [2.24, 2.45) is 0 Å². The SMILES string of the molecule is Cc1cc(F)ccc1C(O)Cc1ccc(Br)cn1. The number of aryl methyl sites for hydroxylation is 1. The lowest BCUT2D eigenvalue weighted by Crippen LogP contribution is -2.05. The van der Waals surface area contributed by atoms with E-state index in [0.29, 0.717) is 6.42 Å². The van der Waals surface area contributed by atoms with Crippen LogP contribution in [0.3, 0.4) is 0 Å². The lowest BCUT2D eigenvalue weighted by Gasteiger charge is -2.13. The van der Waals surface area contributed by atoms with Gasteiger partial charge in [-0.1, -0.05) is 6.07 Å². The minimum atomic E-state index is -0.667. The first-order valence-electron chi connectivity index (χ1n) is 5.61. The molecule has 2 rings (SSSR count). The highest BCUT2D eigenvalue weighted by atomic mass is 79.9. The van der Waals surface area contributed by atoms with Crippen LogP contribution in [0.4, 0.5) is 4.39 Å². The summed E-state index contributed by atoms with van der Waals surface area (Å²) in [4.78, 5) is 4.21. The maximum atomic E-state index is 13.0. The van der Waals surface area contributed by atoms with E-state index in [1.165, 1.54) is 12.1 Å². The fourth-order valence-electron chi connectivity index (χ4n) is 1.85. The Morgan fingerprint density at radius 1 is 1.33 bits per heavy atom. The van der Waals surface area contributed by atoms with E-state index < -0.39 is 6.10 Å². The molecule has 0 amide bonds. The first-order valence-corrected chi connectivity index (χ1v) is 6.40. The molecule has 0 fully saturated rings. The van der Waals surface area contributed by atoms with Gasteiger partial charge in [0.25, 0.3) is 0 Å². The zero-order valence-corrected chi connectivity index (χ0v) is 11.5. The first kappa shape index (κ1) is 13.2. The van der Waals surface area contributed by atoms with Crippen molar-refractivity contribution in [3.8, 4) is 0 Å². The smallest absolute Gasteiger partial charge is 0.123 e. The minimum absolute atomic E-state index is 0.287. The zero-order valence-electron chi connectivity index (χ0n) is 9.90. The average Bonchev–Trinajstić information content (AvgIpc) is 2.32. The van der Waals surface area contributed by atoms with E-state index in [1.54, 1.807) is 19.2 Å². The Bertz CT molecular complexity index is 542. The summed E-state index contributed by atoms with van der Waals surface area (Å²) in [5.74, 6) is -0.287. The second kappa shape index (κ2) is 5.59. The van der Waals surface area contributed by atoms with Crippen molar-refractivity contribution in [1.82, 2.24) is 4.98 Å². The Balaban J connectivity index is 2.16. The molecule has 0 radical (unpaired) electrons. The van der Waals surface area contributed by atoms with Crippen LogP contribution in [0.25, 0.3) is 0 Å². The van der Waals surface area contributed by atoms with Crippen LogP contribution in [0.15, 0.2) is 41.0 Å². The molecule has 1 N–H and O–H groups in total. The van der Waals surface area contributed by atoms with Crippen LogP contribution in [0, 0.1) is 12.7 Å². The third-order valence-electron chi connectivity index (χ3n) is 2.78. The molecule has 0 bridgehead atoms. The number of nitrogens with zero attached hydrogens (tertiary/aromatic N) is 1. The van der Waals surface area contributed by atoms with Crippen molar-refractivity contribution in [3.05, 3.63) is 63.6 Å². The highest BCUT2D eigenvalue weighted by Gasteiger charge is 2.12. The standard InChI is InChI=1S/C14H13BrFNO/c1-9-6-11(16)3-5-13(9)14(18)7-12-4-2-10(15)8-17-12/h2-6,8,14,18H,7H2,1H3. The molecule has 4 heteroatoms. The molecule has 0 saturated heterocycles. The van der Waals surface area contributed by atoms with Gasteiger partial charge in [-0.25, -0.2) is 4.39 Å². The molecule has 0 aliphatic heterocycles. The van der Waals surface area contributed by atoms with Crippen LogP contribution >= 0.6 is 15.9 Å². The highest BCUT2D eigenvalue weighted by molar-refractivity contribution is 9.10. The fourth-order valence-corrected chi connectivity index (χ4v) is 2.08. The normalized spacial score (nSPS) is 12.4. The van der Waals surface area contributed by atoms with Gasteiger partial charge in [0.15, 0.2) is 0 Å². The lowest BCUT2D eigenvalue weighted by molar-refractivity contribution is 0.176. The van der Waals surface area contributed by atoms with E-state index in [4.69, 9.17) is 0 Å². The molecule has 94 valence electrons. The summed E-state index contributed by atoms with van der Waals surface area (Å²) in [5, 5.41) is 10.1. The Morgan fingerprint density at radius 3 is 2.72 bits per heavy atom. The molecule has 1 unspecified atom stereocenters. The van der Waals surface area contributed by atoms with Gasteiger partial charge in [0.05, 0.1) is 6.10 Å². The third-order valence-corrected chi connectivity index (χ3v) is 3.25. The third kappa shape index (κ3) is 3.15. The molecule has 1 aromatic heterocycles. The van der Waals surface area contributed by atoms with Crippen LogP contribution in [0.1, 0.15) is 22.9 Å². The second-order valence-electron chi connectivity index (χ2n) is 4.19. The monoisotopic (exact) mass is 309 g/mol. The van der Waals surface area contributed by atoms with Crippen molar-refractivity contribution in [2.75, 3.05) is 0 Å². The maximum Gasteiger partial charge on any atom is 0.123 e. The predicted octanol–water partition coefficient (Wildman–Crippen LogP) is 3.57. The van der Waals surface area contributed by atoms with Crippen LogP contribution in [-0.4, -0.2) is 10.1 Å². The van der Waals surface area contributed by atoms with E-state index in [-0.39, 0.29) is 5.82 Å². The molecule has 2 nitrogen and oxygen atoms in total. The van der Waals surface area contributed by atoms with E-state index in [1.807, 2.05) is 12.1 Å². The number of hydrogen-bond donors (Lipinski definition) is 1. The summed E-state index contributed by atoms with van der Waals surface area (Å²) in [6.45, 7) is 1.79. The topological polar surface area (TPSA) is 33.1 Å². The van der Waals surface area contributed by atoms with E-state index >= 15 is 0 Å². The van der Waals surface area contributed by atoms with Crippen molar-refractivity contribution >= 4 is 15.9 Å². The van der Waals surface area contributed by atoms with Crippen LogP contribution in [-0.2, 0) is 6.42 Å². The number of hydrogen-bond acceptors (Lipinski definition) is 2. The number of rotatable bonds is 3. The molecule has 0 saturated carbocycles. The van der Waals surface area contributed by atoms with Gasteiger partial charge in [0.1, 0.15) is 5.82 Å². The van der Waals surface area contributed by atoms with Gasteiger partial charge in [-0.3, -0.25) is 4.98 Å². The number of pyridine rings is 1. The quantitative estimate of drug-likeness (QED) is 0.940. The summed E-state index contributed by atoms with van der Waals surface area (Å²) in [6, 6.07) is 8.14. The predicted molar refractivity (Wildman–Crippen MR) is 71.7 cm³/mol. The molecule has 0 aliphatic rings. The molecule has 0 spiro atoms. The molecule has 1 atom stereocenters. The molecular weight excluding hydrogens is 297 g/mol. The lowest BCUT2D eigenvalue weighted by atomic mass is 10.00. The number of halogens is 2. The number of benzene rings is 1. The Kier molecular flexibility index (Phi) is 4.09. The molecule has 0 aliphatic carbocycles. The summed E-state index contributed by atoms with van der Waals surface area (Å²) in [5.41, 5.74) is 2.29. The Labute approximate surface area is 114 Å². The van der Waals surface area contributed by atoms with Crippen LogP contribution in [0.5, 0.6) is 0 Å². The van der Waals surface area contributed by atoms with Gasteiger partial charge in [-0.2, -0.15) is 0 Å². The van der Waals surface area contributed by atoms with Crippen molar-refractivity contribution in [3.63, 3.8) is 0 Å². The van der Waals surface area contributed by atoms with E-state index in [0.717, 1.165) is 21.3 Å². The number of aromatic nitrogens is 1. The van der Waals surface area contributed by atoms with Gasteiger partial charge in [-0.15, -0.1) is 0 Å². The van der Waals surface area contributed by atoms with Crippen molar-refractivity contribution in [1.29, 1.82) is 0 Å². The summed E-state index contributed by atoms with van der Waals surface area (Å²) in [7, 11) is 0. The molecule has 2 aromatic rings. The second-order valence-corrected chi connectivity index (χ2v) is 5.10. The van der Waals surface area contributed by atoms with Crippen LogP contribution < -0.4 is 0 Å². The van der Waals surface area contributed by atoms with Gasteiger partial charge < -0.3 is 5.11 Å². The summed E-state index contributed by atoms with van der Waals surface area (Å²) < 4.78 is 13.9. The highest BCUT2D eigenvalue weighted by Crippen LogP contribution is 2.22. The molecule has 18 heavy (non-hydrogen) atoms. The average molecular weight is 310 g/mol. The first-order chi connectivity index (χ1) is 8.56. The fraction of sp³-hybridized carbons (Fsp3) is 0.214. The molecular formula is C14H13BrFNO. The molecule has 1 aromatic carbocycles. The van der Waals surface area contributed by atoms with Gasteiger partial charge >= 0.3 is 0 Å². The minimum Gasteiger partial charge on any atom is -0.388 e. The van der Waals surface area contributed by atoms with Crippen molar-refractivity contribution < 1.29 is 9.50 Å². The number of aliphatic hydroxyl groups excluding tert-OH is 1. The zero-order chi connectivity index (χ0) is 13.1. The van der Waals surface area contributed by atoms with Gasteiger partial charge in [0, 0.05) is 22.8 Å². The van der Waals surface area contributed by atoms with Gasteiger partial charge in [0.2, 0.25) is 0 Å².